The minimum atomic E-state index is -0.299. The summed E-state index contributed by atoms with van der Waals surface area (Å²) >= 11 is 5.98. The Balaban J connectivity index is 1.96. The molecule has 0 unspecified atom stereocenters. The number of halogens is 1. The van der Waals surface area contributed by atoms with Crippen molar-refractivity contribution < 1.29 is 9.53 Å². The summed E-state index contributed by atoms with van der Waals surface area (Å²) in [6.45, 7) is 3.07. The number of urea groups is 1. The monoisotopic (exact) mass is 318 g/mol. The summed E-state index contributed by atoms with van der Waals surface area (Å²) in [7, 11) is 0. The third-order valence-electron chi connectivity index (χ3n) is 2.95. The molecule has 2 rings (SSSR count). The summed E-state index contributed by atoms with van der Waals surface area (Å²) in [5, 5.41) is 6.12. The summed E-state index contributed by atoms with van der Waals surface area (Å²) in [5.41, 5.74) is 1.60. The molecule has 2 aromatic rings. The van der Waals surface area contributed by atoms with Crippen LogP contribution in [-0.4, -0.2) is 12.6 Å². The number of amides is 2. The van der Waals surface area contributed by atoms with Gasteiger partial charge in [-0.15, -0.1) is 0 Å². The predicted molar refractivity (Wildman–Crippen MR) is 89.5 cm³/mol. The summed E-state index contributed by atoms with van der Waals surface area (Å²) in [4.78, 5) is 12.0. The highest BCUT2D eigenvalue weighted by atomic mass is 35.5. The minimum Gasteiger partial charge on any atom is -0.491 e. The van der Waals surface area contributed by atoms with Gasteiger partial charge in [0.15, 0.2) is 0 Å². The maximum Gasteiger partial charge on any atom is 0.319 e. The number of ether oxygens (including phenoxy) is 1. The molecule has 0 heterocycles. The van der Waals surface area contributed by atoms with Gasteiger partial charge in [0.2, 0.25) is 0 Å². The molecule has 22 heavy (non-hydrogen) atoms. The van der Waals surface area contributed by atoms with E-state index in [9.17, 15) is 4.79 Å². The van der Waals surface area contributed by atoms with E-state index in [0.29, 0.717) is 29.6 Å². The first-order chi connectivity index (χ1) is 10.7. The number of anilines is 1. The highest BCUT2D eigenvalue weighted by molar-refractivity contribution is 6.31. The normalized spacial score (nSPS) is 10.1. The van der Waals surface area contributed by atoms with Crippen LogP contribution in [0.1, 0.15) is 18.9 Å². The zero-order chi connectivity index (χ0) is 15.8. The van der Waals surface area contributed by atoms with Crippen molar-refractivity contribution in [3.8, 4) is 5.75 Å². The Morgan fingerprint density at radius 2 is 1.95 bits per heavy atom. The molecule has 0 saturated carbocycles. The van der Waals surface area contributed by atoms with Gasteiger partial charge in [0, 0.05) is 11.6 Å². The summed E-state index contributed by atoms with van der Waals surface area (Å²) in [6.07, 6.45) is 0.891. The van der Waals surface area contributed by atoms with Crippen molar-refractivity contribution in [2.24, 2.45) is 0 Å². The molecule has 0 saturated heterocycles. The molecule has 5 heteroatoms. The van der Waals surface area contributed by atoms with Gasteiger partial charge in [-0.1, -0.05) is 48.9 Å². The molecule has 0 radical (unpaired) electrons. The first kappa shape index (κ1) is 16.2. The molecule has 0 aliphatic rings. The topological polar surface area (TPSA) is 50.4 Å². The van der Waals surface area contributed by atoms with Gasteiger partial charge < -0.3 is 15.4 Å². The van der Waals surface area contributed by atoms with Crippen LogP contribution in [0.25, 0.3) is 0 Å². The van der Waals surface area contributed by atoms with Crippen molar-refractivity contribution in [2.75, 3.05) is 11.9 Å². The molecule has 0 aromatic heterocycles. The standard InChI is InChI=1S/C17H19ClN2O2/c1-2-10-22-16-9-8-14(18)11-15(16)20-17(21)19-12-13-6-4-3-5-7-13/h3-9,11H,2,10,12H2,1H3,(H2,19,20,21). The van der Waals surface area contributed by atoms with E-state index in [0.717, 1.165) is 12.0 Å². The van der Waals surface area contributed by atoms with Gasteiger partial charge in [-0.2, -0.15) is 0 Å². The van der Waals surface area contributed by atoms with Crippen LogP contribution in [0.15, 0.2) is 48.5 Å². The van der Waals surface area contributed by atoms with Crippen molar-refractivity contribution in [1.82, 2.24) is 5.32 Å². The molecule has 2 amide bonds. The van der Waals surface area contributed by atoms with Gasteiger partial charge in [-0.3, -0.25) is 0 Å². The number of hydrogen-bond donors (Lipinski definition) is 2. The third-order valence-corrected chi connectivity index (χ3v) is 3.18. The maximum absolute atomic E-state index is 12.0. The van der Waals surface area contributed by atoms with Crippen molar-refractivity contribution in [1.29, 1.82) is 0 Å². The van der Waals surface area contributed by atoms with Crippen LogP contribution in [0.5, 0.6) is 5.75 Å². The zero-order valence-electron chi connectivity index (χ0n) is 12.4. The molecule has 2 N–H and O–H groups in total. The molecule has 0 spiro atoms. The number of benzene rings is 2. The van der Waals surface area contributed by atoms with E-state index < -0.39 is 0 Å². The fraction of sp³-hybridized carbons (Fsp3) is 0.235. The Hall–Kier alpha value is -2.20. The van der Waals surface area contributed by atoms with E-state index in [4.69, 9.17) is 16.3 Å². The Morgan fingerprint density at radius 1 is 1.18 bits per heavy atom. The number of hydrogen-bond acceptors (Lipinski definition) is 2. The average Bonchev–Trinajstić information content (AvgIpc) is 2.53. The van der Waals surface area contributed by atoms with E-state index in [-0.39, 0.29) is 6.03 Å². The molecule has 4 nitrogen and oxygen atoms in total. The molecular formula is C17H19ClN2O2. The van der Waals surface area contributed by atoms with E-state index in [2.05, 4.69) is 10.6 Å². The number of carbonyl (C=O) groups is 1. The van der Waals surface area contributed by atoms with Gasteiger partial charge in [-0.25, -0.2) is 4.79 Å². The third kappa shape index (κ3) is 4.97. The number of rotatable bonds is 6. The van der Waals surface area contributed by atoms with Crippen LogP contribution in [-0.2, 0) is 6.54 Å². The van der Waals surface area contributed by atoms with E-state index in [1.807, 2.05) is 37.3 Å². The van der Waals surface area contributed by atoms with Crippen LogP contribution in [0.4, 0.5) is 10.5 Å². The maximum atomic E-state index is 12.0. The number of carbonyl (C=O) groups excluding carboxylic acids is 1. The second-order valence-electron chi connectivity index (χ2n) is 4.78. The first-order valence-corrected chi connectivity index (χ1v) is 7.58. The molecule has 0 bridgehead atoms. The Labute approximate surface area is 135 Å². The molecule has 0 aliphatic carbocycles. The fourth-order valence-corrected chi connectivity index (χ4v) is 2.05. The lowest BCUT2D eigenvalue weighted by Crippen LogP contribution is -2.28. The second-order valence-corrected chi connectivity index (χ2v) is 5.22. The fourth-order valence-electron chi connectivity index (χ4n) is 1.88. The minimum absolute atomic E-state index is 0.299. The van der Waals surface area contributed by atoms with Crippen LogP contribution < -0.4 is 15.4 Å². The summed E-state index contributed by atoms with van der Waals surface area (Å²) < 4.78 is 5.60. The van der Waals surface area contributed by atoms with E-state index >= 15 is 0 Å². The highest BCUT2D eigenvalue weighted by Gasteiger charge is 2.08. The Bertz CT molecular complexity index is 617. The average molecular weight is 319 g/mol. The molecule has 2 aromatic carbocycles. The predicted octanol–water partition coefficient (Wildman–Crippen LogP) is 4.45. The summed E-state index contributed by atoms with van der Waals surface area (Å²) in [5.74, 6) is 0.612. The quantitative estimate of drug-likeness (QED) is 0.826. The largest absolute Gasteiger partial charge is 0.491 e. The van der Waals surface area contributed by atoms with E-state index in [1.165, 1.54) is 0 Å². The lowest BCUT2D eigenvalue weighted by atomic mass is 10.2. The molecule has 116 valence electrons. The van der Waals surface area contributed by atoms with E-state index in [1.54, 1.807) is 18.2 Å². The Morgan fingerprint density at radius 3 is 2.68 bits per heavy atom. The number of nitrogens with one attached hydrogen (secondary N) is 2. The summed E-state index contributed by atoms with van der Waals surface area (Å²) in [6, 6.07) is 14.6. The molecule has 0 aliphatic heterocycles. The van der Waals surface area contributed by atoms with Crippen molar-refractivity contribution in [2.45, 2.75) is 19.9 Å². The van der Waals surface area contributed by atoms with Gasteiger partial charge in [0.05, 0.1) is 12.3 Å². The first-order valence-electron chi connectivity index (χ1n) is 7.20. The van der Waals surface area contributed by atoms with Crippen molar-refractivity contribution in [3.63, 3.8) is 0 Å². The molecular weight excluding hydrogens is 300 g/mol. The van der Waals surface area contributed by atoms with Gasteiger partial charge >= 0.3 is 6.03 Å². The van der Waals surface area contributed by atoms with Gasteiger partial charge in [0.1, 0.15) is 5.75 Å². The lowest BCUT2D eigenvalue weighted by molar-refractivity contribution is 0.251. The molecule has 0 atom stereocenters. The zero-order valence-corrected chi connectivity index (χ0v) is 13.2. The van der Waals surface area contributed by atoms with Crippen LogP contribution in [0.3, 0.4) is 0 Å². The molecule has 0 fully saturated rings. The van der Waals surface area contributed by atoms with Crippen molar-refractivity contribution >= 4 is 23.3 Å². The van der Waals surface area contributed by atoms with Crippen LogP contribution in [0, 0.1) is 0 Å². The Kier molecular flexibility index (Phi) is 6.10. The van der Waals surface area contributed by atoms with Crippen LogP contribution >= 0.6 is 11.6 Å². The van der Waals surface area contributed by atoms with Crippen molar-refractivity contribution in [3.05, 3.63) is 59.1 Å². The smallest absolute Gasteiger partial charge is 0.319 e. The SMILES string of the molecule is CCCOc1ccc(Cl)cc1NC(=O)NCc1ccccc1. The highest BCUT2D eigenvalue weighted by Crippen LogP contribution is 2.28. The second kappa shape index (κ2) is 8.29. The lowest BCUT2D eigenvalue weighted by Gasteiger charge is -2.13. The van der Waals surface area contributed by atoms with Gasteiger partial charge in [0.25, 0.3) is 0 Å². The van der Waals surface area contributed by atoms with Crippen LogP contribution in [0.2, 0.25) is 5.02 Å². The van der Waals surface area contributed by atoms with Gasteiger partial charge in [-0.05, 0) is 30.2 Å².